The third-order valence-electron chi connectivity index (χ3n) is 2.73. The van der Waals surface area contributed by atoms with Gasteiger partial charge in [-0.25, -0.2) is 0 Å². The molecule has 0 fully saturated rings. The van der Waals surface area contributed by atoms with Crippen molar-refractivity contribution in [3.8, 4) is 11.5 Å². The van der Waals surface area contributed by atoms with Crippen molar-refractivity contribution >= 4 is 0 Å². The lowest BCUT2D eigenvalue weighted by Crippen LogP contribution is -2.21. The molecular weight excluding hydrogens is 242 g/mol. The Morgan fingerprint density at radius 3 is 2.58 bits per heavy atom. The van der Waals surface area contributed by atoms with Gasteiger partial charge in [0.25, 0.3) is 0 Å². The number of hydrogen-bond acceptors (Lipinski definition) is 4. The average molecular weight is 267 g/mol. The van der Waals surface area contributed by atoms with Gasteiger partial charge in [-0.05, 0) is 30.7 Å². The van der Waals surface area contributed by atoms with Crippen LogP contribution < -0.4 is 9.47 Å². The second-order valence-electron chi connectivity index (χ2n) is 5.15. The highest BCUT2D eigenvalue weighted by atomic mass is 16.5. The smallest absolute Gasteiger partial charge is 0.161 e. The Morgan fingerprint density at radius 2 is 2.00 bits per heavy atom. The van der Waals surface area contributed by atoms with Gasteiger partial charge in [0, 0.05) is 13.1 Å². The standard InChI is InChI=1S/C15H25NO3/c1-12(2)11-19-15-9-13(5-6-14(15)18-4)10-16(3)7-8-17/h5-6,9,12,17H,7-8,10-11H2,1-4H3. The van der Waals surface area contributed by atoms with Crippen LogP contribution in [0.1, 0.15) is 19.4 Å². The number of likely N-dealkylation sites (N-methyl/N-ethyl adjacent to an activating group) is 1. The van der Waals surface area contributed by atoms with Crippen LogP contribution in [0, 0.1) is 5.92 Å². The van der Waals surface area contributed by atoms with Gasteiger partial charge in [0.15, 0.2) is 11.5 Å². The average Bonchev–Trinajstić information content (AvgIpc) is 2.36. The molecule has 0 aliphatic rings. The van der Waals surface area contributed by atoms with Crippen LogP contribution in [0.2, 0.25) is 0 Å². The number of nitrogens with zero attached hydrogens (tertiary/aromatic N) is 1. The summed E-state index contributed by atoms with van der Waals surface area (Å²) < 4.78 is 11.1. The molecule has 1 N–H and O–H groups in total. The minimum absolute atomic E-state index is 0.170. The van der Waals surface area contributed by atoms with Gasteiger partial charge in [0.05, 0.1) is 20.3 Å². The molecule has 0 saturated heterocycles. The Kier molecular flexibility index (Phi) is 6.67. The van der Waals surface area contributed by atoms with E-state index in [1.54, 1.807) is 7.11 Å². The van der Waals surface area contributed by atoms with E-state index >= 15 is 0 Å². The van der Waals surface area contributed by atoms with Crippen molar-refractivity contribution in [2.24, 2.45) is 5.92 Å². The van der Waals surface area contributed by atoms with Gasteiger partial charge >= 0.3 is 0 Å². The second-order valence-corrected chi connectivity index (χ2v) is 5.15. The summed E-state index contributed by atoms with van der Waals surface area (Å²) in [5, 5.41) is 8.91. The van der Waals surface area contributed by atoms with Crippen LogP contribution in [-0.2, 0) is 6.54 Å². The summed E-state index contributed by atoms with van der Waals surface area (Å²) in [6.45, 7) is 6.52. The molecule has 1 rings (SSSR count). The summed E-state index contributed by atoms with van der Waals surface area (Å²) in [5.41, 5.74) is 1.15. The van der Waals surface area contributed by atoms with Gasteiger partial charge < -0.3 is 14.6 Å². The predicted octanol–water partition coefficient (Wildman–Crippen LogP) is 2.15. The Hall–Kier alpha value is -1.26. The zero-order valence-electron chi connectivity index (χ0n) is 12.3. The highest BCUT2D eigenvalue weighted by Crippen LogP contribution is 2.28. The predicted molar refractivity (Wildman–Crippen MR) is 76.7 cm³/mol. The van der Waals surface area contributed by atoms with Crippen LogP contribution in [0.15, 0.2) is 18.2 Å². The number of methoxy groups -OCH3 is 1. The quantitative estimate of drug-likeness (QED) is 0.783. The number of hydrogen-bond donors (Lipinski definition) is 1. The Bertz CT molecular complexity index is 380. The van der Waals surface area contributed by atoms with E-state index in [0.29, 0.717) is 19.1 Å². The Labute approximate surface area is 115 Å². The van der Waals surface area contributed by atoms with E-state index in [-0.39, 0.29) is 6.61 Å². The molecule has 4 nitrogen and oxygen atoms in total. The fourth-order valence-electron chi connectivity index (χ4n) is 1.75. The molecule has 1 aromatic rings. The molecule has 0 radical (unpaired) electrons. The van der Waals surface area contributed by atoms with E-state index in [9.17, 15) is 0 Å². The maximum atomic E-state index is 8.91. The third kappa shape index (κ3) is 5.49. The highest BCUT2D eigenvalue weighted by molar-refractivity contribution is 5.42. The van der Waals surface area contributed by atoms with E-state index in [1.807, 2.05) is 25.2 Å². The maximum Gasteiger partial charge on any atom is 0.161 e. The zero-order chi connectivity index (χ0) is 14.3. The molecule has 0 aliphatic carbocycles. The van der Waals surface area contributed by atoms with Gasteiger partial charge in [-0.3, -0.25) is 4.90 Å². The summed E-state index contributed by atoms with van der Waals surface area (Å²) in [5.74, 6) is 2.02. The lowest BCUT2D eigenvalue weighted by Gasteiger charge is -2.17. The molecule has 0 saturated carbocycles. The van der Waals surface area contributed by atoms with Crippen molar-refractivity contribution in [2.75, 3.05) is 33.9 Å². The molecule has 19 heavy (non-hydrogen) atoms. The molecule has 0 aromatic heterocycles. The number of benzene rings is 1. The first-order valence-corrected chi connectivity index (χ1v) is 6.66. The van der Waals surface area contributed by atoms with Gasteiger partial charge in [0.1, 0.15) is 0 Å². The molecule has 0 bridgehead atoms. The highest BCUT2D eigenvalue weighted by Gasteiger charge is 2.08. The van der Waals surface area contributed by atoms with E-state index in [2.05, 4.69) is 18.7 Å². The molecule has 0 amide bonds. The summed E-state index contributed by atoms with van der Waals surface area (Å²) in [7, 11) is 3.63. The first-order chi connectivity index (χ1) is 9.06. The van der Waals surface area contributed by atoms with Gasteiger partial charge in [-0.1, -0.05) is 19.9 Å². The molecule has 0 aliphatic heterocycles. The summed E-state index contributed by atoms with van der Waals surface area (Å²) >= 11 is 0. The normalized spacial score (nSPS) is 11.1. The summed E-state index contributed by atoms with van der Waals surface area (Å²) in [6, 6.07) is 5.96. The number of rotatable bonds is 8. The Morgan fingerprint density at radius 1 is 1.26 bits per heavy atom. The fraction of sp³-hybridized carbons (Fsp3) is 0.600. The number of ether oxygens (including phenoxy) is 2. The fourth-order valence-corrected chi connectivity index (χ4v) is 1.75. The zero-order valence-corrected chi connectivity index (χ0v) is 12.3. The first kappa shape index (κ1) is 15.8. The van der Waals surface area contributed by atoms with Crippen molar-refractivity contribution in [1.29, 1.82) is 0 Å². The second kappa shape index (κ2) is 8.02. The molecule has 1 aromatic carbocycles. The summed E-state index contributed by atoms with van der Waals surface area (Å²) in [6.07, 6.45) is 0. The molecule has 108 valence electrons. The first-order valence-electron chi connectivity index (χ1n) is 6.66. The lowest BCUT2D eigenvalue weighted by molar-refractivity contribution is 0.216. The van der Waals surface area contributed by atoms with Crippen LogP contribution in [0.25, 0.3) is 0 Å². The number of aliphatic hydroxyl groups excluding tert-OH is 1. The van der Waals surface area contributed by atoms with Crippen LogP contribution in [-0.4, -0.2) is 43.9 Å². The Balaban J connectivity index is 2.76. The largest absolute Gasteiger partial charge is 0.493 e. The molecular formula is C15H25NO3. The van der Waals surface area contributed by atoms with Crippen LogP contribution in [0.5, 0.6) is 11.5 Å². The monoisotopic (exact) mass is 267 g/mol. The van der Waals surface area contributed by atoms with E-state index in [0.717, 1.165) is 23.6 Å². The minimum Gasteiger partial charge on any atom is -0.493 e. The van der Waals surface area contributed by atoms with Crippen molar-refractivity contribution < 1.29 is 14.6 Å². The van der Waals surface area contributed by atoms with Crippen LogP contribution in [0.4, 0.5) is 0 Å². The van der Waals surface area contributed by atoms with Gasteiger partial charge in [0.2, 0.25) is 0 Å². The van der Waals surface area contributed by atoms with Crippen molar-refractivity contribution in [3.63, 3.8) is 0 Å². The molecule has 0 unspecified atom stereocenters. The van der Waals surface area contributed by atoms with Crippen molar-refractivity contribution in [1.82, 2.24) is 4.90 Å². The van der Waals surface area contributed by atoms with Crippen LogP contribution >= 0.6 is 0 Å². The van der Waals surface area contributed by atoms with E-state index < -0.39 is 0 Å². The van der Waals surface area contributed by atoms with Gasteiger partial charge in [-0.2, -0.15) is 0 Å². The maximum absolute atomic E-state index is 8.91. The van der Waals surface area contributed by atoms with Crippen LogP contribution in [0.3, 0.4) is 0 Å². The molecule has 0 atom stereocenters. The van der Waals surface area contributed by atoms with Crippen molar-refractivity contribution in [2.45, 2.75) is 20.4 Å². The number of aliphatic hydroxyl groups is 1. The van der Waals surface area contributed by atoms with E-state index in [4.69, 9.17) is 14.6 Å². The molecule has 0 spiro atoms. The third-order valence-corrected chi connectivity index (χ3v) is 2.73. The molecule has 4 heteroatoms. The summed E-state index contributed by atoms with van der Waals surface area (Å²) in [4.78, 5) is 2.06. The van der Waals surface area contributed by atoms with Gasteiger partial charge in [-0.15, -0.1) is 0 Å². The minimum atomic E-state index is 0.170. The lowest BCUT2D eigenvalue weighted by atomic mass is 10.2. The van der Waals surface area contributed by atoms with E-state index in [1.165, 1.54) is 0 Å². The van der Waals surface area contributed by atoms with Crippen molar-refractivity contribution in [3.05, 3.63) is 23.8 Å². The SMILES string of the molecule is COc1ccc(CN(C)CCO)cc1OCC(C)C. The topological polar surface area (TPSA) is 41.9 Å². The molecule has 0 heterocycles.